The standard InChI is InChI=1S/C20H23N5O4/c1-21-17(27)15-10-12-9-13(5-6-14(12)23-15)22-16(26)11-25-18(28)20(24-19(25)29)7-3-2-4-8-20/h5-6,9-10,23H,2-4,7-8,11H2,1H3,(H,21,27)(H,22,26)(H,24,29). The third kappa shape index (κ3) is 3.43. The molecule has 1 aliphatic carbocycles. The number of amides is 5. The van der Waals surface area contributed by atoms with Crippen molar-refractivity contribution in [3.8, 4) is 0 Å². The number of urea groups is 1. The molecule has 4 rings (SSSR count). The van der Waals surface area contributed by atoms with E-state index in [1.807, 2.05) is 0 Å². The van der Waals surface area contributed by atoms with Crippen LogP contribution in [0, 0.1) is 0 Å². The van der Waals surface area contributed by atoms with Crippen LogP contribution in [0.25, 0.3) is 10.9 Å². The maximum absolute atomic E-state index is 12.8. The van der Waals surface area contributed by atoms with Crippen LogP contribution in [0.5, 0.6) is 0 Å². The summed E-state index contributed by atoms with van der Waals surface area (Å²) in [6.07, 6.45) is 4.07. The first-order chi connectivity index (χ1) is 13.9. The van der Waals surface area contributed by atoms with Crippen LogP contribution in [0.4, 0.5) is 10.5 Å². The number of nitrogens with zero attached hydrogens (tertiary/aromatic N) is 1. The van der Waals surface area contributed by atoms with Crippen molar-refractivity contribution in [2.75, 3.05) is 18.9 Å². The van der Waals surface area contributed by atoms with E-state index < -0.39 is 17.5 Å². The Bertz CT molecular complexity index is 1010. The summed E-state index contributed by atoms with van der Waals surface area (Å²) in [6.45, 7) is -0.332. The van der Waals surface area contributed by atoms with Crippen LogP contribution in [0.3, 0.4) is 0 Å². The Morgan fingerprint density at radius 2 is 1.90 bits per heavy atom. The van der Waals surface area contributed by atoms with E-state index in [0.717, 1.165) is 35.1 Å². The van der Waals surface area contributed by atoms with Gasteiger partial charge in [-0.15, -0.1) is 0 Å². The molecule has 1 spiro atoms. The van der Waals surface area contributed by atoms with Gasteiger partial charge >= 0.3 is 6.03 Å². The van der Waals surface area contributed by atoms with Gasteiger partial charge in [-0.1, -0.05) is 19.3 Å². The number of aromatic amines is 1. The third-order valence-electron chi connectivity index (χ3n) is 5.63. The Kier molecular flexibility index (Phi) is 4.73. The van der Waals surface area contributed by atoms with Gasteiger partial charge in [-0.3, -0.25) is 19.3 Å². The van der Waals surface area contributed by atoms with Gasteiger partial charge in [0.15, 0.2) is 0 Å². The number of hydrogen-bond acceptors (Lipinski definition) is 4. The molecular weight excluding hydrogens is 374 g/mol. The first-order valence-corrected chi connectivity index (χ1v) is 9.71. The first-order valence-electron chi connectivity index (χ1n) is 9.71. The lowest BCUT2D eigenvalue weighted by molar-refractivity contribution is -0.134. The Balaban J connectivity index is 1.45. The average Bonchev–Trinajstić information content (AvgIpc) is 3.23. The van der Waals surface area contributed by atoms with E-state index in [-0.39, 0.29) is 18.4 Å². The molecular formula is C20H23N5O4. The lowest BCUT2D eigenvalue weighted by atomic mass is 9.82. The van der Waals surface area contributed by atoms with Crippen LogP contribution in [0.15, 0.2) is 24.3 Å². The number of aromatic nitrogens is 1. The molecule has 0 unspecified atom stereocenters. The normalized spacial score (nSPS) is 18.2. The van der Waals surface area contributed by atoms with Crippen LogP contribution in [0.1, 0.15) is 42.6 Å². The predicted octanol–water partition coefficient (Wildman–Crippen LogP) is 1.72. The van der Waals surface area contributed by atoms with E-state index in [1.54, 1.807) is 31.3 Å². The molecule has 2 fully saturated rings. The minimum absolute atomic E-state index is 0.234. The molecule has 0 radical (unpaired) electrons. The van der Waals surface area contributed by atoms with Crippen LogP contribution in [0.2, 0.25) is 0 Å². The second-order valence-electron chi connectivity index (χ2n) is 7.58. The average molecular weight is 397 g/mol. The molecule has 152 valence electrons. The largest absolute Gasteiger partial charge is 0.354 e. The van der Waals surface area contributed by atoms with Crippen LogP contribution < -0.4 is 16.0 Å². The molecule has 2 heterocycles. The van der Waals surface area contributed by atoms with Gasteiger partial charge in [0.05, 0.1) is 0 Å². The highest BCUT2D eigenvalue weighted by Crippen LogP contribution is 2.33. The van der Waals surface area contributed by atoms with Crippen molar-refractivity contribution in [2.24, 2.45) is 0 Å². The summed E-state index contributed by atoms with van der Waals surface area (Å²) in [5.74, 6) is -1.00. The van der Waals surface area contributed by atoms with Gasteiger partial charge in [0.25, 0.3) is 11.8 Å². The quantitative estimate of drug-likeness (QED) is 0.587. The van der Waals surface area contributed by atoms with Gasteiger partial charge in [0.2, 0.25) is 5.91 Å². The zero-order chi connectivity index (χ0) is 20.6. The third-order valence-corrected chi connectivity index (χ3v) is 5.63. The number of rotatable bonds is 4. The molecule has 9 heteroatoms. The highest BCUT2D eigenvalue weighted by molar-refractivity contribution is 6.10. The fourth-order valence-electron chi connectivity index (χ4n) is 4.13. The van der Waals surface area contributed by atoms with Crippen molar-refractivity contribution >= 4 is 40.3 Å². The minimum Gasteiger partial charge on any atom is -0.354 e. The molecule has 0 bridgehead atoms. The molecule has 2 aliphatic rings. The summed E-state index contributed by atoms with van der Waals surface area (Å²) in [4.78, 5) is 53.3. The molecule has 9 nitrogen and oxygen atoms in total. The van der Waals surface area contributed by atoms with Crippen molar-refractivity contribution in [2.45, 2.75) is 37.6 Å². The van der Waals surface area contributed by atoms with Gasteiger partial charge in [-0.05, 0) is 37.1 Å². The van der Waals surface area contributed by atoms with Crippen LogP contribution in [-0.4, -0.2) is 52.8 Å². The summed E-state index contributed by atoms with van der Waals surface area (Å²) in [5, 5.41) is 8.82. The van der Waals surface area contributed by atoms with Crippen molar-refractivity contribution in [1.82, 2.24) is 20.5 Å². The zero-order valence-corrected chi connectivity index (χ0v) is 16.1. The lowest BCUT2D eigenvalue weighted by Crippen LogP contribution is -2.48. The van der Waals surface area contributed by atoms with Crippen LogP contribution in [-0.2, 0) is 9.59 Å². The predicted molar refractivity (Wildman–Crippen MR) is 106 cm³/mol. The van der Waals surface area contributed by atoms with Gasteiger partial charge in [0, 0.05) is 23.6 Å². The van der Waals surface area contributed by atoms with E-state index in [4.69, 9.17) is 0 Å². The van der Waals surface area contributed by atoms with E-state index in [0.29, 0.717) is 24.2 Å². The topological polar surface area (TPSA) is 123 Å². The Morgan fingerprint density at radius 1 is 1.14 bits per heavy atom. The zero-order valence-electron chi connectivity index (χ0n) is 16.1. The summed E-state index contributed by atoms with van der Waals surface area (Å²) in [6, 6.07) is 6.35. The van der Waals surface area contributed by atoms with Crippen molar-refractivity contribution in [3.63, 3.8) is 0 Å². The number of nitrogens with one attached hydrogen (secondary N) is 4. The van der Waals surface area contributed by atoms with Crippen molar-refractivity contribution in [3.05, 3.63) is 30.0 Å². The number of carbonyl (C=O) groups excluding carboxylic acids is 4. The van der Waals surface area contributed by atoms with E-state index in [1.165, 1.54) is 0 Å². The van der Waals surface area contributed by atoms with E-state index in [2.05, 4.69) is 20.9 Å². The van der Waals surface area contributed by atoms with Gasteiger partial charge < -0.3 is 20.9 Å². The molecule has 1 aliphatic heterocycles. The summed E-state index contributed by atoms with van der Waals surface area (Å²) >= 11 is 0. The first kappa shape index (κ1) is 19.0. The van der Waals surface area contributed by atoms with Crippen molar-refractivity contribution in [1.29, 1.82) is 0 Å². The molecule has 2 aromatic rings. The number of carbonyl (C=O) groups is 4. The number of anilines is 1. The molecule has 1 aromatic carbocycles. The van der Waals surface area contributed by atoms with E-state index >= 15 is 0 Å². The second-order valence-corrected chi connectivity index (χ2v) is 7.58. The summed E-state index contributed by atoms with van der Waals surface area (Å²) < 4.78 is 0. The summed E-state index contributed by atoms with van der Waals surface area (Å²) in [7, 11) is 1.55. The fourth-order valence-corrected chi connectivity index (χ4v) is 4.13. The number of imide groups is 1. The second kappa shape index (κ2) is 7.23. The Hall–Kier alpha value is -3.36. The maximum atomic E-state index is 12.8. The van der Waals surface area contributed by atoms with Crippen LogP contribution >= 0.6 is 0 Å². The smallest absolute Gasteiger partial charge is 0.325 e. The Labute approximate surface area is 167 Å². The number of benzene rings is 1. The fraction of sp³-hybridized carbons (Fsp3) is 0.400. The molecule has 0 atom stereocenters. The SMILES string of the molecule is CNC(=O)c1cc2cc(NC(=O)CN3C(=O)NC4(CCCCC4)C3=O)ccc2[nH]1. The summed E-state index contributed by atoms with van der Waals surface area (Å²) in [5.41, 5.74) is 0.859. The maximum Gasteiger partial charge on any atom is 0.325 e. The molecule has 5 amide bonds. The van der Waals surface area contributed by atoms with Gasteiger partial charge in [0.1, 0.15) is 17.8 Å². The van der Waals surface area contributed by atoms with Crippen molar-refractivity contribution < 1.29 is 19.2 Å². The number of H-pyrrole nitrogens is 1. The number of hydrogen-bond donors (Lipinski definition) is 4. The monoisotopic (exact) mass is 397 g/mol. The lowest BCUT2D eigenvalue weighted by Gasteiger charge is -2.30. The van der Waals surface area contributed by atoms with Gasteiger partial charge in [-0.25, -0.2) is 4.79 Å². The Morgan fingerprint density at radius 3 is 2.62 bits per heavy atom. The highest BCUT2D eigenvalue weighted by Gasteiger charge is 2.51. The molecule has 29 heavy (non-hydrogen) atoms. The molecule has 4 N–H and O–H groups in total. The van der Waals surface area contributed by atoms with E-state index in [9.17, 15) is 19.2 Å². The highest BCUT2D eigenvalue weighted by atomic mass is 16.2. The molecule has 1 aromatic heterocycles. The van der Waals surface area contributed by atoms with Gasteiger partial charge in [-0.2, -0.15) is 0 Å². The minimum atomic E-state index is -0.837. The molecule has 1 saturated carbocycles. The molecule has 1 saturated heterocycles. The number of fused-ring (bicyclic) bond motifs is 1.